The molecule has 0 fully saturated rings. The van der Waals surface area contributed by atoms with E-state index in [0.717, 1.165) is 15.6 Å². The van der Waals surface area contributed by atoms with E-state index in [1.54, 1.807) is 12.1 Å². The van der Waals surface area contributed by atoms with Gasteiger partial charge in [-0.3, -0.25) is 9.10 Å². The number of ether oxygens (including phenoxy) is 4. The van der Waals surface area contributed by atoms with Gasteiger partial charge < -0.3 is 24.3 Å². The van der Waals surface area contributed by atoms with Crippen LogP contribution in [0, 0.1) is 0 Å². The van der Waals surface area contributed by atoms with Gasteiger partial charge in [0, 0.05) is 30.9 Å². The van der Waals surface area contributed by atoms with Crippen molar-refractivity contribution in [2.75, 3.05) is 50.7 Å². The Morgan fingerprint density at radius 2 is 1.77 bits per heavy atom. The number of nitrogens with zero attached hydrogens (tertiary/aromatic N) is 1. The highest BCUT2D eigenvalue weighted by molar-refractivity contribution is 7.93. The molecule has 210 valence electrons. The summed E-state index contributed by atoms with van der Waals surface area (Å²) in [4.78, 5) is 25.1. The lowest BCUT2D eigenvalue weighted by Crippen LogP contribution is -2.28. The Morgan fingerprint density at radius 1 is 1.03 bits per heavy atom. The summed E-state index contributed by atoms with van der Waals surface area (Å²) < 4.78 is 49.0. The molecular formula is C25H26Cl2N2O8S2. The van der Waals surface area contributed by atoms with E-state index in [0.29, 0.717) is 18.1 Å². The molecule has 3 aromatic rings. The molecular weight excluding hydrogens is 591 g/mol. The summed E-state index contributed by atoms with van der Waals surface area (Å²) in [5, 5.41) is 2.74. The summed E-state index contributed by atoms with van der Waals surface area (Å²) in [6.07, 6.45) is 0. The minimum atomic E-state index is -4.24. The van der Waals surface area contributed by atoms with Crippen LogP contribution < -0.4 is 19.1 Å². The van der Waals surface area contributed by atoms with Crippen LogP contribution in [-0.2, 0) is 19.5 Å². The Morgan fingerprint density at radius 3 is 2.44 bits per heavy atom. The fraction of sp³-hybridized carbons (Fsp3) is 0.280. The molecule has 2 aromatic carbocycles. The number of methoxy groups -OCH3 is 2. The second kappa shape index (κ2) is 13.4. The third-order valence-corrected chi connectivity index (χ3v) is 8.66. The number of anilines is 2. The fourth-order valence-electron chi connectivity index (χ4n) is 3.38. The third kappa shape index (κ3) is 7.34. The molecule has 39 heavy (non-hydrogen) atoms. The van der Waals surface area contributed by atoms with Crippen molar-refractivity contribution >= 4 is 67.8 Å². The van der Waals surface area contributed by atoms with E-state index < -0.39 is 21.9 Å². The molecule has 14 heteroatoms. The maximum atomic E-state index is 13.6. The summed E-state index contributed by atoms with van der Waals surface area (Å²) >= 11 is 13.1. The molecule has 0 atom stereocenters. The van der Waals surface area contributed by atoms with E-state index in [2.05, 4.69) is 5.32 Å². The van der Waals surface area contributed by atoms with Crippen molar-refractivity contribution in [3.05, 3.63) is 62.3 Å². The van der Waals surface area contributed by atoms with Gasteiger partial charge in [0.2, 0.25) is 0 Å². The molecule has 0 aliphatic carbocycles. The molecule has 0 saturated heterocycles. The normalized spacial score (nSPS) is 11.1. The molecule has 10 nitrogen and oxygen atoms in total. The molecule has 0 aliphatic heterocycles. The Kier molecular flexibility index (Phi) is 10.4. The highest BCUT2D eigenvalue weighted by Gasteiger charge is 2.30. The van der Waals surface area contributed by atoms with Crippen molar-refractivity contribution < 1.29 is 37.0 Å². The minimum Gasteiger partial charge on any atom is -0.493 e. The largest absolute Gasteiger partial charge is 0.493 e. The molecule has 0 spiro atoms. The van der Waals surface area contributed by atoms with Gasteiger partial charge in [-0.1, -0.05) is 23.2 Å². The first-order valence-corrected chi connectivity index (χ1v) is 14.4. The summed E-state index contributed by atoms with van der Waals surface area (Å²) in [6.45, 7) is 2.46. The van der Waals surface area contributed by atoms with Crippen LogP contribution in [0.1, 0.15) is 27.0 Å². The lowest BCUT2D eigenvalue weighted by molar-refractivity contribution is 0.0388. The molecule has 0 unspecified atom stereocenters. The average Bonchev–Trinajstić information content (AvgIpc) is 3.31. The van der Waals surface area contributed by atoms with Crippen molar-refractivity contribution in [3.63, 3.8) is 0 Å². The van der Waals surface area contributed by atoms with Crippen LogP contribution in [0.4, 0.5) is 11.4 Å². The van der Waals surface area contributed by atoms with Gasteiger partial charge in [-0.05, 0) is 43.3 Å². The number of benzene rings is 2. The van der Waals surface area contributed by atoms with Crippen LogP contribution in [0.5, 0.6) is 11.5 Å². The highest BCUT2D eigenvalue weighted by atomic mass is 35.5. The molecule has 0 bridgehead atoms. The first-order valence-electron chi connectivity index (χ1n) is 11.4. The summed E-state index contributed by atoms with van der Waals surface area (Å²) in [7, 11) is 0.0150. The quantitative estimate of drug-likeness (QED) is 0.214. The number of carbonyl (C=O) groups is 2. The number of hydrogen-bond donors (Lipinski definition) is 1. The number of hydrogen-bond acceptors (Lipinski definition) is 9. The van der Waals surface area contributed by atoms with Gasteiger partial charge in [0.05, 0.1) is 35.9 Å². The Bertz CT molecular complexity index is 1460. The zero-order valence-electron chi connectivity index (χ0n) is 21.4. The van der Waals surface area contributed by atoms with Gasteiger partial charge in [-0.2, -0.15) is 0 Å². The molecule has 0 saturated carbocycles. The Balaban J connectivity index is 1.90. The van der Waals surface area contributed by atoms with E-state index >= 15 is 0 Å². The third-order valence-electron chi connectivity index (χ3n) is 5.24. The van der Waals surface area contributed by atoms with Gasteiger partial charge in [-0.15, -0.1) is 11.3 Å². The van der Waals surface area contributed by atoms with E-state index in [4.69, 9.17) is 42.1 Å². The molecule has 1 aromatic heterocycles. The van der Waals surface area contributed by atoms with Crippen molar-refractivity contribution in [3.8, 4) is 11.5 Å². The zero-order valence-corrected chi connectivity index (χ0v) is 24.6. The average molecular weight is 618 g/mol. The summed E-state index contributed by atoms with van der Waals surface area (Å²) in [5.74, 6) is -0.629. The maximum Gasteiger partial charge on any atom is 0.338 e. The number of rotatable bonds is 12. The molecule has 1 heterocycles. The molecule has 0 radical (unpaired) electrons. The summed E-state index contributed by atoms with van der Waals surface area (Å²) in [5.41, 5.74) is 0.522. The summed E-state index contributed by atoms with van der Waals surface area (Å²) in [6, 6.07) is 10.0. The number of sulfonamides is 1. The topological polar surface area (TPSA) is 120 Å². The number of amides is 1. The van der Waals surface area contributed by atoms with Gasteiger partial charge in [-0.25, -0.2) is 13.2 Å². The van der Waals surface area contributed by atoms with E-state index in [1.807, 2.05) is 6.92 Å². The van der Waals surface area contributed by atoms with Crippen molar-refractivity contribution in [1.29, 1.82) is 0 Å². The van der Waals surface area contributed by atoms with Crippen molar-refractivity contribution in [1.82, 2.24) is 0 Å². The predicted octanol–water partition coefficient (Wildman–Crippen LogP) is 5.34. The van der Waals surface area contributed by atoms with E-state index in [-0.39, 0.29) is 49.3 Å². The van der Waals surface area contributed by atoms with Crippen LogP contribution in [0.3, 0.4) is 0 Å². The first kappa shape index (κ1) is 30.5. The second-order valence-corrected chi connectivity index (χ2v) is 11.9. The van der Waals surface area contributed by atoms with Crippen LogP contribution in [-0.4, -0.2) is 61.4 Å². The highest BCUT2D eigenvalue weighted by Crippen LogP contribution is 2.37. The smallest absolute Gasteiger partial charge is 0.338 e. The standard InChI is InChI=1S/C25H26Cl2N2O8S2/c1-5-36-19-7-6-18(13-20(19)35-4)29(2)39(32,33)21-14-22(27)38-23(21)24(30)28-17-11-15(10-16(26)12-17)25(31)37-9-8-34-3/h6-7,10-14H,5,8-9H2,1-4H3,(H,28,30). The zero-order chi connectivity index (χ0) is 28.7. The van der Waals surface area contributed by atoms with E-state index in [1.165, 1.54) is 51.6 Å². The number of halogens is 2. The SMILES string of the molecule is CCOc1ccc(N(C)S(=O)(=O)c2cc(Cl)sc2C(=O)Nc2cc(Cl)cc(C(=O)OCCOC)c2)cc1OC. The number of esters is 1. The van der Waals surface area contributed by atoms with Gasteiger partial charge in [0.25, 0.3) is 15.9 Å². The molecule has 3 rings (SSSR count). The lowest BCUT2D eigenvalue weighted by Gasteiger charge is -2.21. The van der Waals surface area contributed by atoms with Crippen LogP contribution in [0.25, 0.3) is 0 Å². The number of thiophene rings is 1. The monoisotopic (exact) mass is 616 g/mol. The van der Waals surface area contributed by atoms with Crippen LogP contribution in [0.15, 0.2) is 47.4 Å². The first-order chi connectivity index (χ1) is 18.5. The second-order valence-electron chi connectivity index (χ2n) is 7.80. The molecule has 1 N–H and O–H groups in total. The van der Waals surface area contributed by atoms with Crippen molar-refractivity contribution in [2.24, 2.45) is 0 Å². The van der Waals surface area contributed by atoms with Crippen LogP contribution >= 0.6 is 34.5 Å². The van der Waals surface area contributed by atoms with Crippen molar-refractivity contribution in [2.45, 2.75) is 11.8 Å². The van der Waals surface area contributed by atoms with Gasteiger partial charge in [0.15, 0.2) is 11.5 Å². The fourth-order valence-corrected chi connectivity index (χ4v) is 6.49. The molecule has 1 amide bonds. The maximum absolute atomic E-state index is 13.6. The van der Waals surface area contributed by atoms with Gasteiger partial charge >= 0.3 is 5.97 Å². The number of nitrogens with one attached hydrogen (secondary N) is 1. The molecule has 0 aliphatic rings. The lowest BCUT2D eigenvalue weighted by atomic mass is 10.2. The Hall–Kier alpha value is -3.03. The van der Waals surface area contributed by atoms with Gasteiger partial charge in [0.1, 0.15) is 16.4 Å². The van der Waals surface area contributed by atoms with E-state index in [9.17, 15) is 18.0 Å². The predicted molar refractivity (Wildman–Crippen MR) is 151 cm³/mol. The number of carbonyl (C=O) groups excluding carboxylic acids is 2. The Labute approximate surface area is 240 Å². The minimum absolute atomic E-state index is 0.0339. The van der Waals surface area contributed by atoms with Crippen LogP contribution in [0.2, 0.25) is 9.36 Å².